The third-order valence-electron chi connectivity index (χ3n) is 3.72. The SMILES string of the molecule is CCC(CC)NC(=O)c1nn(-c2ccccc2Cl)c(C)cc1=O. The van der Waals surface area contributed by atoms with Gasteiger partial charge in [0.25, 0.3) is 5.91 Å². The molecule has 122 valence electrons. The summed E-state index contributed by atoms with van der Waals surface area (Å²) >= 11 is 6.19. The summed E-state index contributed by atoms with van der Waals surface area (Å²) in [7, 11) is 0. The number of amides is 1. The Morgan fingerprint density at radius 1 is 1.30 bits per heavy atom. The van der Waals surface area contributed by atoms with Crippen LogP contribution in [0, 0.1) is 6.92 Å². The fourth-order valence-corrected chi connectivity index (χ4v) is 2.53. The van der Waals surface area contributed by atoms with E-state index in [0.717, 1.165) is 12.8 Å². The van der Waals surface area contributed by atoms with Crippen molar-refractivity contribution < 1.29 is 4.79 Å². The van der Waals surface area contributed by atoms with Crippen LogP contribution in [0.3, 0.4) is 0 Å². The first-order chi connectivity index (χ1) is 11.0. The normalized spacial score (nSPS) is 10.8. The molecule has 1 aromatic heterocycles. The first kappa shape index (κ1) is 17.2. The molecule has 0 atom stereocenters. The van der Waals surface area contributed by atoms with Crippen LogP contribution >= 0.6 is 11.6 Å². The Morgan fingerprint density at radius 3 is 2.57 bits per heavy atom. The van der Waals surface area contributed by atoms with Crippen LogP contribution in [-0.2, 0) is 0 Å². The molecule has 1 amide bonds. The molecule has 0 saturated heterocycles. The fraction of sp³-hybridized carbons (Fsp3) is 0.353. The standard InChI is InChI=1S/C17H20ClN3O2/c1-4-12(5-2)19-17(23)16-15(22)10-11(3)21(20-16)14-9-7-6-8-13(14)18/h6-10,12H,4-5H2,1-3H3,(H,19,23). The van der Waals surface area contributed by atoms with Gasteiger partial charge in [0.15, 0.2) is 5.69 Å². The number of hydrogen-bond acceptors (Lipinski definition) is 3. The van der Waals surface area contributed by atoms with Crippen molar-refractivity contribution in [2.45, 2.75) is 39.7 Å². The second-order valence-corrected chi connectivity index (χ2v) is 5.76. The van der Waals surface area contributed by atoms with E-state index in [-0.39, 0.29) is 11.7 Å². The minimum Gasteiger partial charge on any atom is -0.348 e. The maximum Gasteiger partial charge on any atom is 0.276 e. The van der Waals surface area contributed by atoms with E-state index in [2.05, 4.69) is 10.4 Å². The predicted molar refractivity (Wildman–Crippen MR) is 91.4 cm³/mol. The van der Waals surface area contributed by atoms with Crippen LogP contribution in [0.25, 0.3) is 5.69 Å². The van der Waals surface area contributed by atoms with Crippen molar-refractivity contribution in [3.8, 4) is 5.69 Å². The molecule has 0 aliphatic rings. The Bertz CT molecular complexity index is 767. The molecule has 1 aromatic carbocycles. The van der Waals surface area contributed by atoms with Gasteiger partial charge in [-0.2, -0.15) is 5.10 Å². The van der Waals surface area contributed by atoms with Crippen molar-refractivity contribution in [3.63, 3.8) is 0 Å². The molecule has 0 aliphatic heterocycles. The van der Waals surface area contributed by atoms with Gasteiger partial charge in [0, 0.05) is 17.8 Å². The number of hydrogen-bond donors (Lipinski definition) is 1. The topological polar surface area (TPSA) is 64.0 Å². The van der Waals surface area contributed by atoms with E-state index in [4.69, 9.17) is 11.6 Å². The molecular weight excluding hydrogens is 314 g/mol. The Morgan fingerprint density at radius 2 is 1.96 bits per heavy atom. The molecule has 0 aliphatic carbocycles. The van der Waals surface area contributed by atoms with Crippen LogP contribution in [0.1, 0.15) is 42.9 Å². The van der Waals surface area contributed by atoms with E-state index in [1.165, 1.54) is 10.7 Å². The van der Waals surface area contributed by atoms with Gasteiger partial charge in [-0.1, -0.05) is 37.6 Å². The van der Waals surface area contributed by atoms with Gasteiger partial charge in [0.05, 0.1) is 10.7 Å². The molecule has 23 heavy (non-hydrogen) atoms. The lowest BCUT2D eigenvalue weighted by atomic mass is 10.1. The number of nitrogens with zero attached hydrogens (tertiary/aromatic N) is 2. The lowest BCUT2D eigenvalue weighted by molar-refractivity contribution is 0.0927. The van der Waals surface area contributed by atoms with Crippen LogP contribution in [0.4, 0.5) is 0 Å². The van der Waals surface area contributed by atoms with Crippen molar-refractivity contribution in [1.82, 2.24) is 15.1 Å². The zero-order valence-electron chi connectivity index (χ0n) is 13.5. The van der Waals surface area contributed by atoms with Gasteiger partial charge in [0.2, 0.25) is 5.43 Å². The maximum atomic E-state index is 12.4. The lowest BCUT2D eigenvalue weighted by Gasteiger charge is -2.16. The minimum absolute atomic E-state index is 0.0266. The van der Waals surface area contributed by atoms with Crippen molar-refractivity contribution in [2.75, 3.05) is 0 Å². The highest BCUT2D eigenvalue weighted by Crippen LogP contribution is 2.19. The Kier molecular flexibility index (Phi) is 5.55. The second kappa shape index (κ2) is 7.42. The summed E-state index contributed by atoms with van der Waals surface area (Å²) in [5.41, 5.74) is 0.724. The maximum absolute atomic E-state index is 12.4. The molecule has 1 heterocycles. The molecule has 0 fully saturated rings. The smallest absolute Gasteiger partial charge is 0.276 e. The number of para-hydroxylation sites is 1. The van der Waals surface area contributed by atoms with Crippen LogP contribution in [0.5, 0.6) is 0 Å². The highest BCUT2D eigenvalue weighted by Gasteiger charge is 2.18. The van der Waals surface area contributed by atoms with Crippen molar-refractivity contribution >= 4 is 17.5 Å². The summed E-state index contributed by atoms with van der Waals surface area (Å²) in [6, 6.07) is 8.58. The van der Waals surface area contributed by atoms with Gasteiger partial charge < -0.3 is 5.32 Å². The zero-order chi connectivity index (χ0) is 17.0. The molecule has 0 radical (unpaired) electrons. The van der Waals surface area contributed by atoms with Crippen LogP contribution < -0.4 is 10.7 Å². The van der Waals surface area contributed by atoms with Gasteiger partial charge in [-0.05, 0) is 31.9 Å². The molecule has 0 saturated carbocycles. The van der Waals surface area contributed by atoms with E-state index >= 15 is 0 Å². The first-order valence-electron chi connectivity index (χ1n) is 7.64. The van der Waals surface area contributed by atoms with E-state index in [1.807, 2.05) is 26.0 Å². The lowest BCUT2D eigenvalue weighted by Crippen LogP contribution is -2.38. The molecule has 0 bridgehead atoms. The highest BCUT2D eigenvalue weighted by molar-refractivity contribution is 6.32. The summed E-state index contributed by atoms with van der Waals surface area (Å²) < 4.78 is 1.52. The van der Waals surface area contributed by atoms with Crippen molar-refractivity contribution in [1.29, 1.82) is 0 Å². The monoisotopic (exact) mass is 333 g/mol. The predicted octanol–water partition coefficient (Wildman–Crippen LogP) is 3.11. The average Bonchev–Trinajstić information content (AvgIpc) is 2.53. The Balaban J connectivity index is 2.47. The largest absolute Gasteiger partial charge is 0.348 e. The van der Waals surface area contributed by atoms with Gasteiger partial charge in [0.1, 0.15) is 0 Å². The average molecular weight is 334 g/mol. The van der Waals surface area contributed by atoms with E-state index in [0.29, 0.717) is 16.4 Å². The second-order valence-electron chi connectivity index (χ2n) is 5.35. The summed E-state index contributed by atoms with van der Waals surface area (Å²) in [6.45, 7) is 5.72. The number of aromatic nitrogens is 2. The molecule has 2 rings (SSSR count). The summed E-state index contributed by atoms with van der Waals surface area (Å²) in [5.74, 6) is -0.454. The van der Waals surface area contributed by atoms with E-state index in [9.17, 15) is 9.59 Å². The summed E-state index contributed by atoms with van der Waals surface area (Å²) in [6.07, 6.45) is 1.60. The third kappa shape index (κ3) is 3.79. The number of aryl methyl sites for hydroxylation is 1. The number of carbonyl (C=O) groups is 1. The number of benzene rings is 1. The molecular formula is C17H20ClN3O2. The van der Waals surface area contributed by atoms with E-state index in [1.54, 1.807) is 19.1 Å². The first-order valence-corrected chi connectivity index (χ1v) is 8.02. The van der Waals surface area contributed by atoms with Gasteiger partial charge >= 0.3 is 0 Å². The summed E-state index contributed by atoms with van der Waals surface area (Å²) in [4.78, 5) is 24.5. The number of rotatable bonds is 5. The van der Waals surface area contributed by atoms with Gasteiger partial charge in [-0.25, -0.2) is 4.68 Å². The van der Waals surface area contributed by atoms with E-state index < -0.39 is 11.3 Å². The fourth-order valence-electron chi connectivity index (χ4n) is 2.32. The number of carbonyl (C=O) groups excluding carboxylic acids is 1. The van der Waals surface area contributed by atoms with Crippen molar-refractivity contribution in [3.05, 3.63) is 57.0 Å². The van der Waals surface area contributed by atoms with Crippen LogP contribution in [0.2, 0.25) is 5.02 Å². The third-order valence-corrected chi connectivity index (χ3v) is 4.04. The molecule has 2 aromatic rings. The molecule has 5 nitrogen and oxygen atoms in total. The molecule has 0 spiro atoms. The quantitative estimate of drug-likeness (QED) is 0.914. The van der Waals surface area contributed by atoms with Crippen molar-refractivity contribution in [2.24, 2.45) is 0 Å². The number of nitrogens with one attached hydrogen (secondary N) is 1. The Labute approximate surface area is 140 Å². The Hall–Kier alpha value is -2.14. The zero-order valence-corrected chi connectivity index (χ0v) is 14.2. The van der Waals surface area contributed by atoms with Crippen LogP contribution in [0.15, 0.2) is 35.1 Å². The molecule has 6 heteroatoms. The molecule has 1 N–H and O–H groups in total. The summed E-state index contributed by atoms with van der Waals surface area (Å²) in [5, 5.41) is 7.57. The van der Waals surface area contributed by atoms with Gasteiger partial charge in [-0.3, -0.25) is 9.59 Å². The number of halogens is 1. The minimum atomic E-state index is -0.454. The van der Waals surface area contributed by atoms with Gasteiger partial charge in [-0.15, -0.1) is 0 Å². The molecule has 0 unspecified atom stereocenters. The van der Waals surface area contributed by atoms with Crippen LogP contribution in [-0.4, -0.2) is 21.7 Å². The highest BCUT2D eigenvalue weighted by atomic mass is 35.5.